The van der Waals surface area contributed by atoms with Crippen molar-refractivity contribution < 1.29 is 14.3 Å². The van der Waals surface area contributed by atoms with E-state index < -0.39 is 5.97 Å². The van der Waals surface area contributed by atoms with Gasteiger partial charge in [-0.25, -0.2) is 4.79 Å². The van der Waals surface area contributed by atoms with Gasteiger partial charge in [0.1, 0.15) is 12.3 Å². The Kier molecular flexibility index (Phi) is 3.98. The Morgan fingerprint density at radius 2 is 2.36 bits per heavy atom. The second-order valence-electron chi connectivity index (χ2n) is 5.41. The molecule has 0 aromatic carbocycles. The number of nitrogens with one attached hydrogen (secondary N) is 1. The van der Waals surface area contributed by atoms with E-state index >= 15 is 0 Å². The summed E-state index contributed by atoms with van der Waals surface area (Å²) in [5.41, 5.74) is 2.58. The average Bonchev–Trinajstić information content (AvgIpc) is 3.13. The van der Waals surface area contributed by atoms with Crippen LogP contribution in [0.25, 0.3) is 0 Å². The lowest BCUT2D eigenvalue weighted by Crippen LogP contribution is -2.17. The van der Waals surface area contributed by atoms with E-state index in [-0.39, 0.29) is 18.3 Å². The summed E-state index contributed by atoms with van der Waals surface area (Å²) in [7, 11) is 0. The van der Waals surface area contributed by atoms with E-state index in [1.54, 1.807) is 18.3 Å². The zero-order valence-electron chi connectivity index (χ0n) is 12.3. The highest BCUT2D eigenvalue weighted by Gasteiger charge is 2.32. The number of Topliss-reactive ketones (excluding diaryl/α,β-unsaturated/α-hetero) is 1. The summed E-state index contributed by atoms with van der Waals surface area (Å²) in [4.78, 5) is 28.8. The van der Waals surface area contributed by atoms with Crippen LogP contribution in [0.15, 0.2) is 30.2 Å². The van der Waals surface area contributed by atoms with Gasteiger partial charge in [0.15, 0.2) is 5.78 Å². The molecule has 2 heterocycles. The molecule has 0 bridgehead atoms. The molecule has 1 atom stereocenters. The summed E-state index contributed by atoms with van der Waals surface area (Å²) in [6, 6.07) is 4.06. The maximum atomic E-state index is 12.5. The van der Waals surface area contributed by atoms with Crippen molar-refractivity contribution in [3.8, 4) is 0 Å². The smallest absolute Gasteiger partial charge is 0.355 e. The fraction of sp³-hybridized carbons (Fsp3) is 0.294. The van der Waals surface area contributed by atoms with Gasteiger partial charge in [-0.2, -0.15) is 0 Å². The first-order valence-electron chi connectivity index (χ1n) is 7.17. The number of aromatic amines is 1. The molecule has 0 saturated carbocycles. The Labute approximate surface area is 132 Å². The number of fused-ring (bicyclic) bond motifs is 1. The monoisotopic (exact) mass is 315 g/mol. The minimum Gasteiger partial charge on any atom is -0.457 e. The average molecular weight is 315 g/mol. The van der Waals surface area contributed by atoms with E-state index in [0.717, 1.165) is 12.1 Å². The largest absolute Gasteiger partial charge is 0.457 e. The van der Waals surface area contributed by atoms with Crippen LogP contribution >= 0.6 is 11.3 Å². The Morgan fingerprint density at radius 3 is 3.05 bits per heavy atom. The number of ketones is 1. The third kappa shape index (κ3) is 2.52. The molecule has 0 aliphatic heterocycles. The molecule has 3 rings (SSSR count). The summed E-state index contributed by atoms with van der Waals surface area (Å²) in [6.45, 7) is 5.48. The summed E-state index contributed by atoms with van der Waals surface area (Å²) in [5.74, 6) is -0.154. The second kappa shape index (κ2) is 5.93. The lowest BCUT2D eigenvalue weighted by molar-refractivity contribution is 0.0542. The third-order valence-electron chi connectivity index (χ3n) is 3.97. The lowest BCUT2D eigenvalue weighted by atomic mass is 9.84. The van der Waals surface area contributed by atoms with Crippen LogP contribution in [0.5, 0.6) is 0 Å². The maximum Gasteiger partial charge on any atom is 0.355 e. The highest BCUT2D eigenvalue weighted by Crippen LogP contribution is 2.36. The van der Waals surface area contributed by atoms with Crippen LogP contribution in [0, 0.1) is 6.92 Å². The Bertz CT molecular complexity index is 727. The van der Waals surface area contributed by atoms with Crippen molar-refractivity contribution in [3.05, 3.63) is 57.6 Å². The molecule has 0 amide bonds. The zero-order valence-corrected chi connectivity index (χ0v) is 13.2. The standard InChI is InChI=1S/C17H17NO3S/c1-3-6-21-17(20)16-10(2)15-12(18-16)8-11(9-13(15)19)14-5-4-7-22-14/h3-5,7,11,18H,1,6,8-9H2,2H3. The van der Waals surface area contributed by atoms with Gasteiger partial charge in [-0.1, -0.05) is 18.7 Å². The molecule has 0 fully saturated rings. The van der Waals surface area contributed by atoms with Gasteiger partial charge < -0.3 is 9.72 Å². The molecule has 1 N–H and O–H groups in total. The molecule has 114 valence electrons. The van der Waals surface area contributed by atoms with Crippen LogP contribution in [0.4, 0.5) is 0 Å². The molecule has 5 heteroatoms. The Balaban J connectivity index is 1.92. The van der Waals surface area contributed by atoms with Gasteiger partial charge in [0.25, 0.3) is 0 Å². The second-order valence-corrected chi connectivity index (χ2v) is 6.39. The van der Waals surface area contributed by atoms with Gasteiger partial charge in [0.2, 0.25) is 0 Å². The van der Waals surface area contributed by atoms with E-state index in [2.05, 4.69) is 17.6 Å². The lowest BCUT2D eigenvalue weighted by Gasteiger charge is -2.20. The number of H-pyrrole nitrogens is 1. The van der Waals surface area contributed by atoms with E-state index in [1.165, 1.54) is 11.0 Å². The number of thiophene rings is 1. The maximum absolute atomic E-state index is 12.5. The van der Waals surface area contributed by atoms with Crippen molar-refractivity contribution in [2.75, 3.05) is 6.61 Å². The van der Waals surface area contributed by atoms with Crippen molar-refractivity contribution in [2.45, 2.75) is 25.7 Å². The van der Waals surface area contributed by atoms with Crippen LogP contribution in [0.2, 0.25) is 0 Å². The van der Waals surface area contributed by atoms with E-state index in [0.29, 0.717) is 23.2 Å². The molecule has 0 radical (unpaired) electrons. The normalized spacial score (nSPS) is 17.1. The number of rotatable bonds is 4. The van der Waals surface area contributed by atoms with Crippen LogP contribution in [0.1, 0.15) is 49.3 Å². The number of esters is 1. The molecule has 0 spiro atoms. The third-order valence-corrected chi connectivity index (χ3v) is 5.01. The molecular weight excluding hydrogens is 298 g/mol. The molecule has 2 aromatic heterocycles. The minimum atomic E-state index is -0.438. The fourth-order valence-corrected chi connectivity index (χ4v) is 3.80. The molecule has 1 unspecified atom stereocenters. The summed E-state index contributed by atoms with van der Waals surface area (Å²) < 4.78 is 5.07. The van der Waals surface area contributed by atoms with Crippen molar-refractivity contribution >= 4 is 23.1 Å². The van der Waals surface area contributed by atoms with Crippen molar-refractivity contribution in [2.24, 2.45) is 0 Å². The SMILES string of the molecule is C=CCOC(=O)c1[nH]c2c(c1C)C(=O)CC(c1cccs1)C2. The molecule has 1 aliphatic rings. The van der Waals surface area contributed by atoms with Crippen LogP contribution in [-0.4, -0.2) is 23.3 Å². The van der Waals surface area contributed by atoms with E-state index in [1.807, 2.05) is 11.4 Å². The summed E-state index contributed by atoms with van der Waals surface area (Å²) >= 11 is 1.67. The molecule has 22 heavy (non-hydrogen) atoms. The number of hydrogen-bond acceptors (Lipinski definition) is 4. The Hall–Kier alpha value is -2.14. The summed E-state index contributed by atoms with van der Waals surface area (Å²) in [5, 5.41) is 2.02. The minimum absolute atomic E-state index is 0.0937. The highest BCUT2D eigenvalue weighted by atomic mass is 32.1. The van der Waals surface area contributed by atoms with E-state index in [9.17, 15) is 9.59 Å². The van der Waals surface area contributed by atoms with Gasteiger partial charge in [-0.15, -0.1) is 11.3 Å². The van der Waals surface area contributed by atoms with Gasteiger partial charge >= 0.3 is 5.97 Å². The first-order valence-corrected chi connectivity index (χ1v) is 8.05. The number of carbonyl (C=O) groups excluding carboxylic acids is 2. The first kappa shape index (κ1) is 14.8. The molecule has 1 aliphatic carbocycles. The van der Waals surface area contributed by atoms with Crippen molar-refractivity contribution in [3.63, 3.8) is 0 Å². The topological polar surface area (TPSA) is 59.2 Å². The van der Waals surface area contributed by atoms with Crippen LogP contribution in [0.3, 0.4) is 0 Å². The molecule has 0 saturated heterocycles. The van der Waals surface area contributed by atoms with Gasteiger partial charge in [0, 0.05) is 28.5 Å². The number of ether oxygens (including phenoxy) is 1. The zero-order chi connectivity index (χ0) is 15.7. The van der Waals surface area contributed by atoms with Crippen molar-refractivity contribution in [1.29, 1.82) is 0 Å². The number of aromatic nitrogens is 1. The quantitative estimate of drug-likeness (QED) is 0.692. The molecule has 2 aromatic rings. The number of hydrogen-bond donors (Lipinski definition) is 1. The van der Waals surface area contributed by atoms with Gasteiger partial charge in [-0.05, 0) is 30.4 Å². The van der Waals surface area contributed by atoms with Crippen LogP contribution in [-0.2, 0) is 11.2 Å². The van der Waals surface area contributed by atoms with Crippen molar-refractivity contribution in [1.82, 2.24) is 4.98 Å². The fourth-order valence-electron chi connectivity index (χ4n) is 2.97. The predicted molar refractivity (Wildman–Crippen MR) is 85.7 cm³/mol. The van der Waals surface area contributed by atoms with Gasteiger partial charge in [-0.3, -0.25) is 4.79 Å². The number of carbonyl (C=O) groups is 2. The molecular formula is C17H17NO3S. The van der Waals surface area contributed by atoms with Crippen LogP contribution < -0.4 is 0 Å². The highest BCUT2D eigenvalue weighted by molar-refractivity contribution is 7.10. The Morgan fingerprint density at radius 1 is 1.55 bits per heavy atom. The van der Waals surface area contributed by atoms with E-state index in [4.69, 9.17) is 4.74 Å². The van der Waals surface area contributed by atoms with Gasteiger partial charge in [0.05, 0.1) is 0 Å². The first-order chi connectivity index (χ1) is 10.6. The summed E-state index contributed by atoms with van der Waals surface area (Å²) in [6.07, 6.45) is 2.76. The predicted octanol–water partition coefficient (Wildman–Crippen LogP) is 3.64. The molecule has 4 nitrogen and oxygen atoms in total.